The predicted molar refractivity (Wildman–Crippen MR) is 55.6 cm³/mol. The highest BCUT2D eigenvalue weighted by Gasteiger charge is 2.19. The van der Waals surface area contributed by atoms with Crippen molar-refractivity contribution in [2.24, 2.45) is 0 Å². The molecule has 2 nitrogen and oxygen atoms in total. The number of hydrogen-bond donors (Lipinski definition) is 1. The van der Waals surface area contributed by atoms with E-state index in [1.165, 1.54) is 0 Å². The first-order valence-electron chi connectivity index (χ1n) is 4.50. The van der Waals surface area contributed by atoms with Crippen LogP contribution in [0.5, 0.6) is 0 Å². The summed E-state index contributed by atoms with van der Waals surface area (Å²) in [5.74, 6) is -5.50. The van der Waals surface area contributed by atoms with Gasteiger partial charge in [0, 0.05) is 6.54 Å². The zero-order valence-corrected chi connectivity index (χ0v) is 9.31. The molecule has 7 heteroatoms. The van der Waals surface area contributed by atoms with E-state index in [0.29, 0.717) is 6.42 Å². The lowest BCUT2D eigenvalue weighted by atomic mass is 10.3. The molecule has 0 saturated carbocycles. The largest absolute Gasteiger partial charge is 0.380 e. The van der Waals surface area contributed by atoms with Crippen LogP contribution in [0, 0.1) is 23.5 Å². The van der Waals surface area contributed by atoms with E-state index in [1.54, 1.807) is 11.8 Å². The second-order valence-corrected chi connectivity index (χ2v) is 3.96. The molecule has 0 saturated heterocycles. The number of anilines is 1. The van der Waals surface area contributed by atoms with Gasteiger partial charge in [0.1, 0.15) is 5.69 Å². The number of pyridine rings is 1. The second-order valence-electron chi connectivity index (χ2n) is 2.97. The standard InChI is InChI=1S/C9H10F4N2S/c1-16-4-2-3-14-7-5(10)8(12)15-9(13)6(7)11/h2-4H2,1H3,(H,14,15). The Morgan fingerprint density at radius 3 is 2.19 bits per heavy atom. The fraction of sp³-hybridized carbons (Fsp3) is 0.444. The van der Waals surface area contributed by atoms with Crippen LogP contribution >= 0.6 is 11.8 Å². The number of halogens is 4. The molecule has 1 aromatic heterocycles. The zero-order chi connectivity index (χ0) is 12.1. The van der Waals surface area contributed by atoms with Crippen LogP contribution < -0.4 is 5.32 Å². The monoisotopic (exact) mass is 254 g/mol. The van der Waals surface area contributed by atoms with E-state index >= 15 is 0 Å². The highest BCUT2D eigenvalue weighted by molar-refractivity contribution is 7.98. The lowest BCUT2D eigenvalue weighted by molar-refractivity contribution is 0.410. The molecule has 90 valence electrons. The molecular weight excluding hydrogens is 244 g/mol. The van der Waals surface area contributed by atoms with Gasteiger partial charge < -0.3 is 5.32 Å². The van der Waals surface area contributed by atoms with E-state index < -0.39 is 29.2 Å². The molecule has 16 heavy (non-hydrogen) atoms. The first-order chi connectivity index (χ1) is 7.57. The summed E-state index contributed by atoms with van der Waals surface area (Å²) in [6.07, 6.45) is 2.51. The molecule has 1 heterocycles. The maximum Gasteiger partial charge on any atom is 0.253 e. The molecule has 1 aromatic rings. The summed E-state index contributed by atoms with van der Waals surface area (Å²) >= 11 is 1.56. The Morgan fingerprint density at radius 1 is 1.12 bits per heavy atom. The van der Waals surface area contributed by atoms with Crippen molar-refractivity contribution in [3.05, 3.63) is 23.5 Å². The Hall–Kier alpha value is -0.980. The summed E-state index contributed by atoms with van der Waals surface area (Å²) in [5, 5.41) is 2.31. The molecule has 1 rings (SSSR count). The van der Waals surface area contributed by atoms with Gasteiger partial charge in [-0.2, -0.15) is 34.3 Å². The van der Waals surface area contributed by atoms with Crippen molar-refractivity contribution in [2.75, 3.05) is 23.9 Å². The minimum Gasteiger partial charge on any atom is -0.380 e. The summed E-state index contributed by atoms with van der Waals surface area (Å²) in [4.78, 5) is 2.45. The number of thioether (sulfide) groups is 1. The average Bonchev–Trinajstić information content (AvgIpc) is 2.25. The van der Waals surface area contributed by atoms with E-state index in [9.17, 15) is 17.6 Å². The second kappa shape index (κ2) is 5.93. The van der Waals surface area contributed by atoms with E-state index in [-0.39, 0.29) is 6.54 Å². The molecule has 1 N–H and O–H groups in total. The minimum absolute atomic E-state index is 0.234. The lowest BCUT2D eigenvalue weighted by Gasteiger charge is -2.08. The van der Waals surface area contributed by atoms with Gasteiger partial charge in [-0.3, -0.25) is 0 Å². The quantitative estimate of drug-likeness (QED) is 0.497. The molecule has 0 aliphatic heterocycles. The Labute approximate surface area is 94.4 Å². The normalized spacial score (nSPS) is 10.6. The van der Waals surface area contributed by atoms with Gasteiger partial charge in [-0.15, -0.1) is 0 Å². The van der Waals surface area contributed by atoms with Gasteiger partial charge in [0.25, 0.3) is 11.9 Å². The lowest BCUT2D eigenvalue weighted by Crippen LogP contribution is -2.10. The number of nitrogens with one attached hydrogen (secondary N) is 1. The summed E-state index contributed by atoms with van der Waals surface area (Å²) in [6, 6.07) is 0. The summed E-state index contributed by atoms with van der Waals surface area (Å²) in [6.45, 7) is 0.234. The van der Waals surface area contributed by atoms with Crippen LogP contribution in [-0.4, -0.2) is 23.5 Å². The van der Waals surface area contributed by atoms with Crippen molar-refractivity contribution < 1.29 is 17.6 Å². The molecule has 0 aliphatic carbocycles. The Morgan fingerprint density at radius 2 is 1.69 bits per heavy atom. The smallest absolute Gasteiger partial charge is 0.253 e. The van der Waals surface area contributed by atoms with Gasteiger partial charge in [-0.25, -0.2) is 0 Å². The molecule has 0 spiro atoms. The van der Waals surface area contributed by atoms with E-state index in [1.807, 2.05) is 6.26 Å². The predicted octanol–water partition coefficient (Wildman–Crippen LogP) is 2.80. The molecule has 0 radical (unpaired) electrons. The number of hydrogen-bond acceptors (Lipinski definition) is 3. The molecule has 0 fully saturated rings. The first kappa shape index (κ1) is 13.1. The van der Waals surface area contributed by atoms with Gasteiger partial charge in [-0.1, -0.05) is 0 Å². The number of rotatable bonds is 5. The van der Waals surface area contributed by atoms with Crippen molar-refractivity contribution in [1.29, 1.82) is 0 Å². The molecule has 0 aromatic carbocycles. The maximum absolute atomic E-state index is 13.0. The van der Waals surface area contributed by atoms with Gasteiger partial charge in [0.2, 0.25) is 11.6 Å². The fourth-order valence-electron chi connectivity index (χ4n) is 1.07. The maximum atomic E-state index is 13.0. The summed E-state index contributed by atoms with van der Waals surface area (Å²) in [5.41, 5.74) is -0.800. The highest BCUT2D eigenvalue weighted by atomic mass is 32.2. The van der Waals surface area contributed by atoms with Crippen LogP contribution in [0.3, 0.4) is 0 Å². The first-order valence-corrected chi connectivity index (χ1v) is 5.90. The summed E-state index contributed by atoms with van der Waals surface area (Å²) < 4.78 is 51.4. The fourth-order valence-corrected chi connectivity index (χ4v) is 1.51. The van der Waals surface area contributed by atoms with Crippen LogP contribution in [0.2, 0.25) is 0 Å². The van der Waals surface area contributed by atoms with Crippen molar-refractivity contribution in [2.45, 2.75) is 6.42 Å². The minimum atomic E-state index is -1.65. The van der Waals surface area contributed by atoms with E-state index in [2.05, 4.69) is 10.3 Å². The number of nitrogens with zero attached hydrogens (tertiary/aromatic N) is 1. The third-order valence-electron chi connectivity index (χ3n) is 1.82. The highest BCUT2D eigenvalue weighted by Crippen LogP contribution is 2.21. The van der Waals surface area contributed by atoms with Gasteiger partial charge in [0.05, 0.1) is 0 Å². The van der Waals surface area contributed by atoms with Crippen molar-refractivity contribution in [3.8, 4) is 0 Å². The molecule has 0 amide bonds. The van der Waals surface area contributed by atoms with E-state index in [4.69, 9.17) is 0 Å². The number of aromatic nitrogens is 1. The Balaban J connectivity index is 2.78. The van der Waals surface area contributed by atoms with Crippen LogP contribution in [0.4, 0.5) is 23.2 Å². The van der Waals surface area contributed by atoms with Crippen molar-refractivity contribution >= 4 is 17.4 Å². The molecule has 0 bridgehead atoms. The van der Waals surface area contributed by atoms with Crippen LogP contribution in [-0.2, 0) is 0 Å². The zero-order valence-electron chi connectivity index (χ0n) is 8.49. The average molecular weight is 254 g/mol. The summed E-state index contributed by atoms with van der Waals surface area (Å²) in [7, 11) is 0. The molecular formula is C9H10F4N2S. The van der Waals surface area contributed by atoms with Crippen LogP contribution in [0.1, 0.15) is 6.42 Å². The van der Waals surface area contributed by atoms with Gasteiger partial charge >= 0.3 is 0 Å². The molecule has 0 atom stereocenters. The van der Waals surface area contributed by atoms with Crippen LogP contribution in [0.15, 0.2) is 0 Å². The third-order valence-corrected chi connectivity index (χ3v) is 2.52. The van der Waals surface area contributed by atoms with Crippen molar-refractivity contribution in [1.82, 2.24) is 4.98 Å². The van der Waals surface area contributed by atoms with Crippen molar-refractivity contribution in [3.63, 3.8) is 0 Å². The SMILES string of the molecule is CSCCCNc1c(F)c(F)nc(F)c1F. The Kier molecular flexibility index (Phi) is 4.85. The van der Waals surface area contributed by atoms with Gasteiger partial charge in [0.15, 0.2) is 0 Å². The molecule has 0 aliphatic rings. The third kappa shape index (κ3) is 3.01. The Bertz CT molecular complexity index is 347. The van der Waals surface area contributed by atoms with E-state index in [0.717, 1.165) is 5.75 Å². The molecule has 0 unspecified atom stereocenters. The van der Waals surface area contributed by atoms with Gasteiger partial charge in [-0.05, 0) is 18.4 Å². The van der Waals surface area contributed by atoms with Crippen LogP contribution in [0.25, 0.3) is 0 Å². The topological polar surface area (TPSA) is 24.9 Å².